The largest absolute Gasteiger partial charge is 0.469 e. The van der Waals surface area contributed by atoms with Gasteiger partial charge in [0.15, 0.2) is 0 Å². The van der Waals surface area contributed by atoms with E-state index < -0.39 is 0 Å². The molecule has 0 rings (SSSR count). The Morgan fingerprint density at radius 2 is 2.00 bits per heavy atom. The fraction of sp³-hybridized carbons (Fsp3) is 0.900. The SMILES string of the molecule is COC(=O)CC(C)N(CCO)C(C)C. The first kappa shape index (κ1) is 13.4. The van der Waals surface area contributed by atoms with Gasteiger partial charge in [0, 0.05) is 18.6 Å². The van der Waals surface area contributed by atoms with Gasteiger partial charge < -0.3 is 9.84 Å². The molecule has 0 heterocycles. The standard InChI is InChI=1S/C10H21NO3/c1-8(2)11(5-6-12)9(3)7-10(13)14-4/h8-9,12H,5-7H2,1-4H3. The molecule has 0 spiro atoms. The molecule has 0 aromatic rings. The highest BCUT2D eigenvalue weighted by molar-refractivity contribution is 5.69. The maximum absolute atomic E-state index is 11.0. The van der Waals surface area contributed by atoms with Gasteiger partial charge in [0.05, 0.1) is 20.1 Å². The van der Waals surface area contributed by atoms with Crippen LogP contribution in [0.25, 0.3) is 0 Å². The molecule has 1 N–H and O–H groups in total. The third kappa shape index (κ3) is 4.58. The van der Waals surface area contributed by atoms with Crippen molar-refractivity contribution >= 4 is 5.97 Å². The predicted octanol–water partition coefficient (Wildman–Crippen LogP) is 0.641. The van der Waals surface area contributed by atoms with Crippen LogP contribution in [0.1, 0.15) is 27.2 Å². The van der Waals surface area contributed by atoms with Crippen molar-refractivity contribution in [1.82, 2.24) is 4.90 Å². The average molecular weight is 203 g/mol. The van der Waals surface area contributed by atoms with Gasteiger partial charge in [-0.05, 0) is 20.8 Å². The molecular formula is C10H21NO3. The number of rotatable bonds is 6. The number of nitrogens with zero attached hydrogens (tertiary/aromatic N) is 1. The number of carbonyl (C=O) groups is 1. The number of aliphatic hydroxyl groups excluding tert-OH is 1. The van der Waals surface area contributed by atoms with E-state index in [0.29, 0.717) is 19.0 Å². The van der Waals surface area contributed by atoms with Crippen LogP contribution in [-0.2, 0) is 9.53 Å². The first-order valence-electron chi connectivity index (χ1n) is 4.96. The zero-order valence-electron chi connectivity index (χ0n) is 9.49. The van der Waals surface area contributed by atoms with Crippen molar-refractivity contribution in [3.8, 4) is 0 Å². The lowest BCUT2D eigenvalue weighted by Crippen LogP contribution is -2.41. The average Bonchev–Trinajstić information content (AvgIpc) is 2.13. The first-order valence-corrected chi connectivity index (χ1v) is 4.96. The van der Waals surface area contributed by atoms with Gasteiger partial charge in [-0.1, -0.05) is 0 Å². The normalized spacial score (nSPS) is 13.4. The predicted molar refractivity (Wildman–Crippen MR) is 55.0 cm³/mol. The number of carbonyl (C=O) groups excluding carboxylic acids is 1. The summed E-state index contributed by atoms with van der Waals surface area (Å²) in [6, 6.07) is 0.427. The molecule has 0 saturated heterocycles. The molecule has 0 fully saturated rings. The zero-order chi connectivity index (χ0) is 11.1. The van der Waals surface area contributed by atoms with Crippen molar-refractivity contribution in [3.63, 3.8) is 0 Å². The van der Waals surface area contributed by atoms with Gasteiger partial charge >= 0.3 is 5.97 Å². The highest BCUT2D eigenvalue weighted by Crippen LogP contribution is 2.08. The third-order valence-electron chi connectivity index (χ3n) is 2.28. The summed E-state index contributed by atoms with van der Waals surface area (Å²) in [7, 11) is 1.39. The van der Waals surface area contributed by atoms with E-state index in [-0.39, 0.29) is 18.6 Å². The van der Waals surface area contributed by atoms with Crippen molar-refractivity contribution < 1.29 is 14.6 Å². The number of esters is 1. The lowest BCUT2D eigenvalue weighted by molar-refractivity contribution is -0.142. The number of hydrogen-bond acceptors (Lipinski definition) is 4. The Hall–Kier alpha value is -0.610. The highest BCUT2D eigenvalue weighted by atomic mass is 16.5. The summed E-state index contributed by atoms with van der Waals surface area (Å²) in [4.78, 5) is 13.1. The van der Waals surface area contributed by atoms with E-state index in [2.05, 4.69) is 9.64 Å². The summed E-state index contributed by atoms with van der Waals surface area (Å²) in [6.45, 7) is 6.76. The molecule has 0 aliphatic rings. The minimum Gasteiger partial charge on any atom is -0.469 e. The summed E-state index contributed by atoms with van der Waals surface area (Å²) in [5.41, 5.74) is 0. The molecule has 0 bridgehead atoms. The molecule has 84 valence electrons. The van der Waals surface area contributed by atoms with E-state index in [1.165, 1.54) is 7.11 Å². The first-order chi connectivity index (χ1) is 6.52. The minimum absolute atomic E-state index is 0.106. The zero-order valence-corrected chi connectivity index (χ0v) is 9.49. The molecule has 14 heavy (non-hydrogen) atoms. The second-order valence-electron chi connectivity index (χ2n) is 3.68. The maximum atomic E-state index is 11.0. The maximum Gasteiger partial charge on any atom is 0.307 e. The molecule has 4 nitrogen and oxygen atoms in total. The number of hydrogen-bond donors (Lipinski definition) is 1. The quantitative estimate of drug-likeness (QED) is 0.644. The molecule has 4 heteroatoms. The Morgan fingerprint density at radius 1 is 1.43 bits per heavy atom. The van der Waals surface area contributed by atoms with E-state index in [0.717, 1.165) is 0 Å². The summed E-state index contributed by atoms with van der Waals surface area (Å²) in [5.74, 6) is -0.207. The number of ether oxygens (including phenoxy) is 1. The molecule has 0 aromatic heterocycles. The smallest absolute Gasteiger partial charge is 0.307 e. The van der Waals surface area contributed by atoms with Crippen molar-refractivity contribution in [2.45, 2.75) is 39.3 Å². The van der Waals surface area contributed by atoms with Crippen LogP contribution in [0, 0.1) is 0 Å². The third-order valence-corrected chi connectivity index (χ3v) is 2.28. The van der Waals surface area contributed by atoms with Crippen molar-refractivity contribution in [1.29, 1.82) is 0 Å². The molecule has 0 aliphatic carbocycles. The van der Waals surface area contributed by atoms with Crippen molar-refractivity contribution in [2.75, 3.05) is 20.3 Å². The molecule has 0 amide bonds. The monoisotopic (exact) mass is 203 g/mol. The summed E-state index contributed by atoms with van der Waals surface area (Å²) < 4.78 is 4.60. The van der Waals surface area contributed by atoms with Crippen LogP contribution in [0.2, 0.25) is 0 Å². The highest BCUT2D eigenvalue weighted by Gasteiger charge is 2.19. The Morgan fingerprint density at radius 3 is 2.36 bits per heavy atom. The van der Waals surface area contributed by atoms with E-state index >= 15 is 0 Å². The van der Waals surface area contributed by atoms with Crippen LogP contribution in [0.3, 0.4) is 0 Å². The van der Waals surface area contributed by atoms with Crippen LogP contribution in [0.4, 0.5) is 0 Å². The Balaban J connectivity index is 4.14. The van der Waals surface area contributed by atoms with Gasteiger partial charge in [-0.25, -0.2) is 0 Å². The number of methoxy groups -OCH3 is 1. The van der Waals surface area contributed by atoms with Crippen LogP contribution in [0.5, 0.6) is 0 Å². The van der Waals surface area contributed by atoms with Gasteiger partial charge in [0.2, 0.25) is 0 Å². The molecule has 0 aromatic carbocycles. The van der Waals surface area contributed by atoms with E-state index in [9.17, 15) is 4.79 Å². The van der Waals surface area contributed by atoms with Gasteiger partial charge in [-0.15, -0.1) is 0 Å². The van der Waals surface area contributed by atoms with Crippen LogP contribution < -0.4 is 0 Å². The fourth-order valence-corrected chi connectivity index (χ4v) is 1.54. The van der Waals surface area contributed by atoms with Gasteiger partial charge in [0.1, 0.15) is 0 Å². The Labute approximate surface area is 85.9 Å². The molecule has 1 unspecified atom stereocenters. The summed E-state index contributed by atoms with van der Waals surface area (Å²) >= 11 is 0. The van der Waals surface area contributed by atoms with Gasteiger partial charge in [-0.2, -0.15) is 0 Å². The Bertz CT molecular complexity index is 171. The van der Waals surface area contributed by atoms with Crippen LogP contribution in [-0.4, -0.2) is 48.3 Å². The van der Waals surface area contributed by atoms with E-state index in [1.807, 2.05) is 20.8 Å². The van der Waals surface area contributed by atoms with Gasteiger partial charge in [-0.3, -0.25) is 9.69 Å². The fourth-order valence-electron chi connectivity index (χ4n) is 1.54. The topological polar surface area (TPSA) is 49.8 Å². The molecule has 0 radical (unpaired) electrons. The number of aliphatic hydroxyl groups is 1. The lowest BCUT2D eigenvalue weighted by Gasteiger charge is -2.31. The molecule has 0 aliphatic heterocycles. The van der Waals surface area contributed by atoms with Crippen LogP contribution in [0.15, 0.2) is 0 Å². The van der Waals surface area contributed by atoms with E-state index in [4.69, 9.17) is 5.11 Å². The minimum atomic E-state index is -0.207. The van der Waals surface area contributed by atoms with E-state index in [1.54, 1.807) is 0 Å². The van der Waals surface area contributed by atoms with Crippen molar-refractivity contribution in [2.24, 2.45) is 0 Å². The molecule has 0 saturated carbocycles. The Kier molecular flexibility index (Phi) is 6.49. The molecular weight excluding hydrogens is 182 g/mol. The van der Waals surface area contributed by atoms with Gasteiger partial charge in [0.25, 0.3) is 0 Å². The summed E-state index contributed by atoms with van der Waals surface area (Å²) in [6.07, 6.45) is 0.370. The second kappa shape index (κ2) is 6.79. The molecule has 1 atom stereocenters. The lowest BCUT2D eigenvalue weighted by atomic mass is 10.1. The van der Waals surface area contributed by atoms with Crippen molar-refractivity contribution in [3.05, 3.63) is 0 Å². The van der Waals surface area contributed by atoms with Crippen LogP contribution >= 0.6 is 0 Å². The summed E-state index contributed by atoms with van der Waals surface area (Å²) in [5, 5.41) is 8.87. The second-order valence-corrected chi connectivity index (χ2v) is 3.68.